The van der Waals surface area contributed by atoms with Gasteiger partial charge in [0.2, 0.25) is 0 Å². The van der Waals surface area contributed by atoms with Crippen molar-refractivity contribution in [1.29, 1.82) is 0 Å². The summed E-state index contributed by atoms with van der Waals surface area (Å²) < 4.78 is 7.20. The first kappa shape index (κ1) is 23.7. The Hall–Kier alpha value is -1.05. The third-order valence-corrected chi connectivity index (χ3v) is 10.3. The number of halogens is 1. The molecular weight excluding hydrogens is 472 g/mol. The molecule has 1 aromatic heterocycles. The minimum atomic E-state index is -0.00681. The second-order valence-electron chi connectivity index (χ2n) is 9.87. The van der Waals surface area contributed by atoms with E-state index in [0.717, 1.165) is 54.4 Å². The van der Waals surface area contributed by atoms with E-state index in [1.807, 2.05) is 35.2 Å². The van der Waals surface area contributed by atoms with Crippen molar-refractivity contribution >= 4 is 40.7 Å². The van der Waals surface area contributed by atoms with Crippen LogP contribution in [0.1, 0.15) is 35.0 Å². The molecule has 2 bridgehead atoms. The van der Waals surface area contributed by atoms with Crippen LogP contribution in [0.4, 0.5) is 0 Å². The van der Waals surface area contributed by atoms with Gasteiger partial charge in [-0.25, -0.2) is 0 Å². The molecule has 4 fully saturated rings. The summed E-state index contributed by atoms with van der Waals surface area (Å²) in [5, 5.41) is 3.51. The van der Waals surface area contributed by atoms with Crippen LogP contribution in [0, 0.1) is 5.92 Å². The predicted molar refractivity (Wildman–Crippen MR) is 138 cm³/mol. The molecule has 4 aliphatic heterocycles. The van der Waals surface area contributed by atoms with Crippen LogP contribution < -0.4 is 0 Å². The lowest BCUT2D eigenvalue weighted by atomic mass is 9.83. The maximum absolute atomic E-state index is 12.8. The topological polar surface area (TPSA) is 29.5 Å². The zero-order valence-corrected chi connectivity index (χ0v) is 21.6. The van der Waals surface area contributed by atoms with Gasteiger partial charge in [-0.2, -0.15) is 11.8 Å². The molecule has 6 rings (SSSR count). The highest BCUT2D eigenvalue weighted by Crippen LogP contribution is 2.37. The van der Waals surface area contributed by atoms with E-state index >= 15 is 0 Å². The number of carbonyl (C=O) groups is 1. The Balaban J connectivity index is 1.10. The number of fused-ring (bicyclic) bond motifs is 3. The van der Waals surface area contributed by atoms with E-state index in [1.54, 1.807) is 0 Å². The van der Waals surface area contributed by atoms with Crippen LogP contribution in [0.25, 0.3) is 0 Å². The molecule has 0 saturated carbocycles. The molecule has 0 N–H and O–H groups in total. The normalized spacial score (nSPS) is 29.8. The number of piperidine rings is 3. The van der Waals surface area contributed by atoms with Crippen molar-refractivity contribution in [2.75, 3.05) is 51.6 Å². The number of thiophene rings is 1. The maximum atomic E-state index is 12.8. The van der Waals surface area contributed by atoms with E-state index in [-0.39, 0.29) is 12.1 Å². The van der Waals surface area contributed by atoms with E-state index in [2.05, 4.69) is 34.5 Å². The maximum Gasteiger partial charge on any atom is 0.307 e. The highest BCUT2D eigenvalue weighted by Gasteiger charge is 2.47. The van der Waals surface area contributed by atoms with Crippen molar-refractivity contribution < 1.29 is 14.0 Å². The Morgan fingerprint density at radius 3 is 2.88 bits per heavy atom. The number of esters is 1. The zero-order chi connectivity index (χ0) is 22.7. The Morgan fingerprint density at radius 2 is 2.09 bits per heavy atom. The number of carbonyl (C=O) groups excluding carboxylic acids is 1. The van der Waals surface area contributed by atoms with Crippen LogP contribution in [-0.4, -0.2) is 73.0 Å². The standard InChI is InChI=1S/C26H34ClN2O2S2/c27-22-4-1-3-20(17-22)7-12-29-13-8-21(9-14-29)23(19-29)31-26(30)6-10-28-11-16-33-25(18-28)24-5-2-15-32-24/h1-5,15,17,21,23,25H,6-14,16,18-19H2/q+1/t21?,23-,25?,29?/m1/s1. The number of hydrogen-bond acceptors (Lipinski definition) is 5. The zero-order valence-electron chi connectivity index (χ0n) is 19.2. The lowest BCUT2D eigenvalue weighted by Gasteiger charge is -2.52. The summed E-state index contributed by atoms with van der Waals surface area (Å²) in [6.07, 6.45) is 3.99. The van der Waals surface area contributed by atoms with Crippen LogP contribution in [0.15, 0.2) is 41.8 Å². The summed E-state index contributed by atoms with van der Waals surface area (Å²) in [6.45, 7) is 7.44. The van der Waals surface area contributed by atoms with Crippen LogP contribution in [0.5, 0.6) is 0 Å². The van der Waals surface area contributed by atoms with Gasteiger partial charge in [0.25, 0.3) is 0 Å². The van der Waals surface area contributed by atoms with Crippen LogP contribution in [0.2, 0.25) is 5.02 Å². The molecule has 2 aromatic rings. The minimum absolute atomic E-state index is 0.00681. The van der Waals surface area contributed by atoms with Crippen molar-refractivity contribution in [2.24, 2.45) is 5.92 Å². The molecule has 2 atom stereocenters. The van der Waals surface area contributed by atoms with Gasteiger partial charge in [0, 0.05) is 60.5 Å². The Labute approximate surface area is 210 Å². The summed E-state index contributed by atoms with van der Waals surface area (Å²) in [6, 6.07) is 12.6. The molecule has 0 spiro atoms. The Kier molecular flexibility index (Phi) is 7.67. The number of ether oxygens (including phenoxy) is 1. The molecule has 1 unspecified atom stereocenters. The first-order valence-electron chi connectivity index (χ1n) is 12.2. The van der Waals surface area contributed by atoms with Crippen molar-refractivity contribution in [3.63, 3.8) is 0 Å². The average molecular weight is 506 g/mol. The summed E-state index contributed by atoms with van der Waals surface area (Å²) >= 11 is 10.1. The summed E-state index contributed by atoms with van der Waals surface area (Å²) in [4.78, 5) is 16.7. The van der Waals surface area contributed by atoms with E-state index in [0.29, 0.717) is 17.6 Å². The average Bonchev–Trinajstić information content (AvgIpc) is 3.38. The van der Waals surface area contributed by atoms with Gasteiger partial charge in [-0.1, -0.05) is 29.8 Å². The lowest BCUT2D eigenvalue weighted by Crippen LogP contribution is -2.65. The van der Waals surface area contributed by atoms with Crippen molar-refractivity contribution in [1.82, 2.24) is 4.90 Å². The molecule has 33 heavy (non-hydrogen) atoms. The Bertz CT molecular complexity index is 930. The van der Waals surface area contributed by atoms with Gasteiger partial charge < -0.3 is 14.1 Å². The number of quaternary nitrogens is 1. The van der Waals surface area contributed by atoms with E-state index < -0.39 is 0 Å². The number of thioether (sulfide) groups is 1. The van der Waals surface area contributed by atoms with Gasteiger partial charge in [0.05, 0.1) is 31.3 Å². The van der Waals surface area contributed by atoms with E-state index in [9.17, 15) is 4.79 Å². The SMILES string of the molecule is O=C(CCN1CCSC(c2cccs2)C1)O[C@@H]1C[N+]2(CCc3cccc(Cl)c3)CCC1CC2. The van der Waals surface area contributed by atoms with Crippen LogP contribution in [0.3, 0.4) is 0 Å². The van der Waals surface area contributed by atoms with Crippen molar-refractivity contribution in [2.45, 2.75) is 37.0 Å². The molecule has 0 aliphatic carbocycles. The molecule has 7 heteroatoms. The van der Waals surface area contributed by atoms with Crippen LogP contribution >= 0.6 is 34.7 Å². The molecule has 1 aromatic carbocycles. The lowest BCUT2D eigenvalue weighted by molar-refractivity contribution is -0.946. The highest BCUT2D eigenvalue weighted by atomic mass is 35.5. The van der Waals surface area contributed by atoms with Gasteiger partial charge in [-0.05, 0) is 29.1 Å². The number of hydrogen-bond donors (Lipinski definition) is 0. The molecule has 178 valence electrons. The van der Waals surface area contributed by atoms with Crippen molar-refractivity contribution in [3.8, 4) is 0 Å². The molecule has 4 aliphatic rings. The first-order chi connectivity index (χ1) is 16.1. The third-order valence-electron chi connectivity index (χ3n) is 7.73. The fourth-order valence-corrected chi connectivity index (χ4v) is 8.25. The third kappa shape index (κ3) is 5.96. The van der Waals surface area contributed by atoms with E-state index in [4.69, 9.17) is 16.3 Å². The molecule has 5 heterocycles. The fraction of sp³-hybridized carbons (Fsp3) is 0.577. The molecule has 4 saturated heterocycles. The van der Waals surface area contributed by atoms with Gasteiger partial charge >= 0.3 is 5.97 Å². The van der Waals surface area contributed by atoms with E-state index in [1.165, 1.54) is 36.4 Å². The van der Waals surface area contributed by atoms with Gasteiger partial charge in [-0.3, -0.25) is 4.79 Å². The minimum Gasteiger partial charge on any atom is -0.456 e. The number of nitrogens with zero attached hydrogens (tertiary/aromatic N) is 2. The molecule has 4 nitrogen and oxygen atoms in total. The fourth-order valence-electron chi connectivity index (χ4n) is 5.76. The summed E-state index contributed by atoms with van der Waals surface area (Å²) in [5.41, 5.74) is 1.30. The largest absolute Gasteiger partial charge is 0.456 e. The second-order valence-corrected chi connectivity index (χ2v) is 12.6. The number of benzene rings is 1. The summed E-state index contributed by atoms with van der Waals surface area (Å²) in [5.74, 6) is 1.68. The van der Waals surface area contributed by atoms with Gasteiger partial charge in [-0.15, -0.1) is 11.3 Å². The van der Waals surface area contributed by atoms with Gasteiger partial charge in [0.1, 0.15) is 6.54 Å². The molecular formula is C26H34ClN2O2S2+. The smallest absolute Gasteiger partial charge is 0.307 e. The second kappa shape index (κ2) is 10.7. The molecule has 0 radical (unpaired) electrons. The van der Waals surface area contributed by atoms with Crippen LogP contribution in [-0.2, 0) is 16.0 Å². The monoisotopic (exact) mass is 505 g/mol. The quantitative estimate of drug-likeness (QED) is 0.361. The van der Waals surface area contributed by atoms with Gasteiger partial charge in [0.15, 0.2) is 6.10 Å². The Morgan fingerprint density at radius 1 is 1.21 bits per heavy atom. The van der Waals surface area contributed by atoms with Crippen molar-refractivity contribution in [3.05, 3.63) is 57.2 Å². The predicted octanol–water partition coefficient (Wildman–Crippen LogP) is 5.28. The number of rotatable bonds is 8. The first-order valence-corrected chi connectivity index (χ1v) is 14.6. The molecule has 0 amide bonds. The summed E-state index contributed by atoms with van der Waals surface area (Å²) in [7, 11) is 0. The highest BCUT2D eigenvalue weighted by molar-refractivity contribution is 7.99.